The molecule has 0 saturated heterocycles. The monoisotopic (exact) mass is 351 g/mol. The number of fused-ring (bicyclic) bond motifs is 1. The lowest BCUT2D eigenvalue weighted by atomic mass is 10.2. The molecule has 0 amide bonds. The maximum atomic E-state index is 13.3. The van der Waals surface area contributed by atoms with Crippen molar-refractivity contribution in [2.75, 3.05) is 0 Å². The number of hydrogen-bond acceptors (Lipinski definition) is 3. The van der Waals surface area contributed by atoms with Gasteiger partial charge in [0.15, 0.2) is 0 Å². The summed E-state index contributed by atoms with van der Waals surface area (Å²) in [6, 6.07) is 12.9. The Bertz CT molecular complexity index is 729. The molecule has 3 aromatic rings. The number of halogens is 2. The fourth-order valence-corrected chi connectivity index (χ4v) is 3.45. The van der Waals surface area contributed by atoms with Gasteiger partial charge in [-0.05, 0) is 27.6 Å². The van der Waals surface area contributed by atoms with Crippen LogP contribution in [0.5, 0.6) is 0 Å². The molecule has 1 heterocycles. The van der Waals surface area contributed by atoms with Crippen molar-refractivity contribution in [2.45, 2.75) is 13.2 Å². The Labute approximate surface area is 128 Å². The number of benzene rings is 2. The Morgan fingerprint density at radius 3 is 2.75 bits per heavy atom. The first-order valence-electron chi connectivity index (χ1n) is 6.08. The molecular formula is C15H11BrFNOS. The summed E-state index contributed by atoms with van der Waals surface area (Å²) in [7, 11) is 0. The molecule has 0 atom stereocenters. The van der Waals surface area contributed by atoms with Crippen LogP contribution in [-0.2, 0) is 18.0 Å². The van der Waals surface area contributed by atoms with Crippen molar-refractivity contribution < 1.29 is 9.13 Å². The largest absolute Gasteiger partial charge is 0.370 e. The minimum absolute atomic E-state index is 0.286. The molecule has 102 valence electrons. The number of aromatic nitrogens is 1. The summed E-state index contributed by atoms with van der Waals surface area (Å²) < 4.78 is 20.6. The second-order valence-corrected chi connectivity index (χ2v) is 6.26. The molecule has 2 nitrogen and oxygen atoms in total. The SMILES string of the molecule is Fc1cc(Br)c2sc(COCc3ccccc3)nc2c1. The lowest BCUT2D eigenvalue weighted by Crippen LogP contribution is -1.93. The highest BCUT2D eigenvalue weighted by molar-refractivity contribution is 9.10. The van der Waals surface area contributed by atoms with Crippen LogP contribution in [0, 0.1) is 5.82 Å². The molecule has 0 radical (unpaired) electrons. The summed E-state index contributed by atoms with van der Waals surface area (Å²) in [4.78, 5) is 4.39. The Morgan fingerprint density at radius 1 is 1.15 bits per heavy atom. The van der Waals surface area contributed by atoms with Crippen LogP contribution in [0.2, 0.25) is 0 Å². The van der Waals surface area contributed by atoms with Gasteiger partial charge in [0, 0.05) is 10.5 Å². The average Bonchev–Trinajstić information content (AvgIpc) is 2.83. The highest BCUT2D eigenvalue weighted by Gasteiger charge is 2.09. The van der Waals surface area contributed by atoms with Crippen LogP contribution < -0.4 is 0 Å². The van der Waals surface area contributed by atoms with E-state index in [1.165, 1.54) is 23.5 Å². The Balaban J connectivity index is 1.70. The predicted octanol–water partition coefficient (Wildman–Crippen LogP) is 4.91. The van der Waals surface area contributed by atoms with Gasteiger partial charge < -0.3 is 4.74 Å². The molecule has 1 aromatic heterocycles. The molecule has 0 saturated carbocycles. The van der Waals surface area contributed by atoms with Crippen molar-refractivity contribution in [3.8, 4) is 0 Å². The van der Waals surface area contributed by atoms with Crippen molar-refractivity contribution in [3.63, 3.8) is 0 Å². The predicted molar refractivity (Wildman–Crippen MR) is 82.2 cm³/mol. The topological polar surface area (TPSA) is 22.1 Å². The molecule has 0 unspecified atom stereocenters. The van der Waals surface area contributed by atoms with E-state index in [1.807, 2.05) is 30.3 Å². The second-order valence-electron chi connectivity index (χ2n) is 4.32. The Kier molecular flexibility index (Phi) is 4.10. The first kappa shape index (κ1) is 13.7. The van der Waals surface area contributed by atoms with Crippen LogP contribution in [0.3, 0.4) is 0 Å². The normalized spacial score (nSPS) is 11.1. The van der Waals surface area contributed by atoms with Crippen LogP contribution in [0.1, 0.15) is 10.6 Å². The summed E-state index contributed by atoms with van der Waals surface area (Å²) in [5.74, 6) is -0.286. The van der Waals surface area contributed by atoms with Gasteiger partial charge in [0.1, 0.15) is 10.8 Å². The van der Waals surface area contributed by atoms with Gasteiger partial charge in [-0.15, -0.1) is 11.3 Å². The third-order valence-corrected chi connectivity index (χ3v) is 4.76. The van der Waals surface area contributed by atoms with Crippen LogP contribution in [-0.4, -0.2) is 4.98 Å². The molecule has 5 heteroatoms. The van der Waals surface area contributed by atoms with E-state index in [-0.39, 0.29) is 5.82 Å². The van der Waals surface area contributed by atoms with E-state index >= 15 is 0 Å². The first-order valence-corrected chi connectivity index (χ1v) is 7.69. The van der Waals surface area contributed by atoms with Crippen molar-refractivity contribution in [1.82, 2.24) is 4.98 Å². The zero-order valence-corrected chi connectivity index (χ0v) is 12.9. The lowest BCUT2D eigenvalue weighted by molar-refractivity contribution is 0.107. The number of nitrogens with zero attached hydrogens (tertiary/aromatic N) is 1. The highest BCUT2D eigenvalue weighted by atomic mass is 79.9. The number of ether oxygens (including phenoxy) is 1. The molecule has 0 aliphatic carbocycles. The van der Waals surface area contributed by atoms with Gasteiger partial charge in [-0.2, -0.15) is 0 Å². The van der Waals surface area contributed by atoms with Gasteiger partial charge >= 0.3 is 0 Å². The second kappa shape index (κ2) is 5.99. The highest BCUT2D eigenvalue weighted by Crippen LogP contribution is 2.31. The fraction of sp³-hybridized carbons (Fsp3) is 0.133. The van der Waals surface area contributed by atoms with Gasteiger partial charge in [0.25, 0.3) is 0 Å². The summed E-state index contributed by atoms with van der Waals surface area (Å²) in [6.07, 6.45) is 0. The van der Waals surface area contributed by atoms with Gasteiger partial charge in [0.05, 0.1) is 23.4 Å². The molecule has 0 bridgehead atoms. The van der Waals surface area contributed by atoms with Crippen molar-refractivity contribution in [3.05, 3.63) is 63.3 Å². The third-order valence-electron chi connectivity index (χ3n) is 2.79. The number of rotatable bonds is 4. The number of hydrogen-bond donors (Lipinski definition) is 0. The molecule has 0 N–H and O–H groups in total. The van der Waals surface area contributed by atoms with Crippen molar-refractivity contribution in [2.24, 2.45) is 0 Å². The van der Waals surface area contributed by atoms with Crippen molar-refractivity contribution in [1.29, 1.82) is 0 Å². The molecule has 3 rings (SSSR count). The zero-order chi connectivity index (χ0) is 13.9. The smallest absolute Gasteiger partial charge is 0.126 e. The minimum atomic E-state index is -0.286. The van der Waals surface area contributed by atoms with Crippen LogP contribution in [0.15, 0.2) is 46.9 Å². The maximum absolute atomic E-state index is 13.3. The molecule has 20 heavy (non-hydrogen) atoms. The Morgan fingerprint density at radius 2 is 1.95 bits per heavy atom. The molecule has 0 aliphatic rings. The average molecular weight is 352 g/mol. The van der Waals surface area contributed by atoms with Crippen LogP contribution in [0.4, 0.5) is 4.39 Å². The lowest BCUT2D eigenvalue weighted by Gasteiger charge is -2.01. The quantitative estimate of drug-likeness (QED) is 0.665. The van der Waals surface area contributed by atoms with Gasteiger partial charge in [-0.25, -0.2) is 9.37 Å². The fourth-order valence-electron chi connectivity index (χ4n) is 1.90. The summed E-state index contributed by atoms with van der Waals surface area (Å²) in [6.45, 7) is 0.981. The van der Waals surface area contributed by atoms with Crippen LogP contribution >= 0.6 is 27.3 Å². The van der Waals surface area contributed by atoms with E-state index in [9.17, 15) is 4.39 Å². The first-order chi connectivity index (χ1) is 9.72. The van der Waals surface area contributed by atoms with E-state index in [1.54, 1.807) is 0 Å². The molecular weight excluding hydrogens is 341 g/mol. The van der Waals surface area contributed by atoms with E-state index in [4.69, 9.17) is 4.74 Å². The minimum Gasteiger partial charge on any atom is -0.370 e. The molecule has 0 aliphatic heterocycles. The number of thiazole rings is 1. The van der Waals surface area contributed by atoms with E-state index < -0.39 is 0 Å². The molecule has 2 aromatic carbocycles. The molecule has 0 spiro atoms. The van der Waals surface area contributed by atoms with Gasteiger partial charge in [-0.1, -0.05) is 30.3 Å². The standard InChI is InChI=1S/C15H11BrFNOS/c16-12-6-11(17)7-13-15(12)20-14(18-13)9-19-8-10-4-2-1-3-5-10/h1-7H,8-9H2. The molecule has 0 fully saturated rings. The van der Waals surface area contributed by atoms with E-state index in [0.717, 1.165) is 19.7 Å². The van der Waals surface area contributed by atoms with Gasteiger partial charge in [-0.3, -0.25) is 0 Å². The van der Waals surface area contributed by atoms with Crippen molar-refractivity contribution >= 4 is 37.5 Å². The summed E-state index contributed by atoms with van der Waals surface area (Å²) in [5.41, 5.74) is 1.79. The van der Waals surface area contributed by atoms with Crippen LogP contribution in [0.25, 0.3) is 10.2 Å². The van der Waals surface area contributed by atoms with E-state index in [2.05, 4.69) is 20.9 Å². The zero-order valence-electron chi connectivity index (χ0n) is 10.5. The third kappa shape index (κ3) is 3.06. The Hall–Kier alpha value is -1.30. The van der Waals surface area contributed by atoms with E-state index in [0.29, 0.717) is 18.7 Å². The maximum Gasteiger partial charge on any atom is 0.126 e. The van der Waals surface area contributed by atoms with Gasteiger partial charge in [0.2, 0.25) is 0 Å². The summed E-state index contributed by atoms with van der Waals surface area (Å²) in [5, 5.41) is 0.849. The summed E-state index contributed by atoms with van der Waals surface area (Å²) >= 11 is 4.87.